The first kappa shape index (κ1) is 16.5. The fourth-order valence-corrected chi connectivity index (χ4v) is 3.95. The van der Waals surface area contributed by atoms with Gasteiger partial charge in [-0.1, -0.05) is 44.4 Å². The quantitative estimate of drug-likeness (QED) is 0.781. The molecule has 0 aliphatic heterocycles. The molecule has 118 valence electrons. The maximum atomic E-state index is 6.36. The van der Waals surface area contributed by atoms with Crippen molar-refractivity contribution in [1.29, 1.82) is 0 Å². The molecule has 1 saturated carbocycles. The Kier molecular flexibility index (Phi) is 5.80. The molecule has 0 heterocycles. The highest BCUT2D eigenvalue weighted by Crippen LogP contribution is 2.36. The first-order chi connectivity index (χ1) is 9.97. The summed E-state index contributed by atoms with van der Waals surface area (Å²) in [6.45, 7) is 4.66. The number of benzene rings is 1. The maximum Gasteiger partial charge on any atom is 0.0786 e. The van der Waals surface area contributed by atoms with E-state index in [4.69, 9.17) is 11.6 Å². The van der Waals surface area contributed by atoms with Crippen molar-refractivity contribution in [3.63, 3.8) is 0 Å². The molecule has 1 fully saturated rings. The van der Waals surface area contributed by atoms with Gasteiger partial charge in [-0.25, -0.2) is 0 Å². The van der Waals surface area contributed by atoms with E-state index in [1.807, 2.05) is 12.1 Å². The Morgan fingerprint density at radius 2 is 2.05 bits per heavy atom. The Morgan fingerprint density at radius 1 is 1.29 bits per heavy atom. The second-order valence-electron chi connectivity index (χ2n) is 7.03. The third-order valence-corrected chi connectivity index (χ3v) is 4.69. The molecule has 2 rings (SSSR count). The Balaban J connectivity index is 2.06. The summed E-state index contributed by atoms with van der Waals surface area (Å²) in [6.07, 6.45) is 6.65. The van der Waals surface area contributed by atoms with Gasteiger partial charge in [-0.15, -0.1) is 0 Å². The van der Waals surface area contributed by atoms with Gasteiger partial charge in [0.2, 0.25) is 0 Å². The summed E-state index contributed by atoms with van der Waals surface area (Å²) in [5.74, 6) is 1.68. The van der Waals surface area contributed by atoms with E-state index >= 15 is 0 Å². The van der Waals surface area contributed by atoms with Crippen LogP contribution in [-0.2, 0) is 0 Å². The molecule has 1 aromatic rings. The average molecular weight is 309 g/mol. The minimum atomic E-state index is 0.583. The normalized spacial score (nSPS) is 22.4. The van der Waals surface area contributed by atoms with E-state index in [1.165, 1.54) is 37.8 Å². The van der Waals surface area contributed by atoms with Crippen molar-refractivity contribution in [2.24, 2.45) is 11.8 Å². The lowest BCUT2D eigenvalue weighted by Gasteiger charge is -2.32. The first-order valence-electron chi connectivity index (χ1n) is 8.19. The van der Waals surface area contributed by atoms with Gasteiger partial charge in [0.15, 0.2) is 0 Å². The molecule has 2 nitrogen and oxygen atoms in total. The fraction of sp³-hybridized carbons (Fsp3) is 0.667. The van der Waals surface area contributed by atoms with E-state index in [0.717, 1.165) is 22.5 Å². The first-order valence-corrected chi connectivity index (χ1v) is 8.57. The number of hydrogen-bond acceptors (Lipinski definition) is 2. The molecule has 1 aliphatic carbocycles. The van der Waals surface area contributed by atoms with E-state index in [0.29, 0.717) is 6.04 Å². The Hall–Kier alpha value is -0.890. The second-order valence-corrected chi connectivity index (χ2v) is 7.44. The zero-order valence-corrected chi connectivity index (χ0v) is 14.6. The third kappa shape index (κ3) is 4.54. The van der Waals surface area contributed by atoms with Crippen LogP contribution in [0.25, 0.3) is 0 Å². The van der Waals surface area contributed by atoms with Crippen LogP contribution >= 0.6 is 11.6 Å². The standard InChI is InChI=1S/C18H29ClN2/c1-13(2)11-14-7-5-8-15(12-14)20-17-10-6-9-16(19)18(17)21(3)4/h6,9-10,13-15,20H,5,7-8,11-12H2,1-4H3. The predicted molar refractivity (Wildman–Crippen MR) is 94.6 cm³/mol. The number of rotatable bonds is 5. The van der Waals surface area contributed by atoms with Gasteiger partial charge in [0, 0.05) is 20.1 Å². The van der Waals surface area contributed by atoms with E-state index in [2.05, 4.69) is 44.2 Å². The van der Waals surface area contributed by atoms with Gasteiger partial charge in [0.1, 0.15) is 0 Å². The van der Waals surface area contributed by atoms with Crippen LogP contribution in [0.5, 0.6) is 0 Å². The monoisotopic (exact) mass is 308 g/mol. The smallest absolute Gasteiger partial charge is 0.0786 e. The van der Waals surface area contributed by atoms with Gasteiger partial charge in [0.25, 0.3) is 0 Å². The minimum Gasteiger partial charge on any atom is -0.381 e. The average Bonchev–Trinajstić information content (AvgIpc) is 2.37. The number of para-hydroxylation sites is 1. The lowest BCUT2D eigenvalue weighted by molar-refractivity contribution is 0.289. The highest BCUT2D eigenvalue weighted by molar-refractivity contribution is 6.34. The molecular weight excluding hydrogens is 280 g/mol. The van der Waals surface area contributed by atoms with Crippen LogP contribution in [0.1, 0.15) is 46.0 Å². The molecule has 1 aromatic carbocycles. The highest BCUT2D eigenvalue weighted by Gasteiger charge is 2.23. The summed E-state index contributed by atoms with van der Waals surface area (Å²) in [5, 5.41) is 4.57. The van der Waals surface area contributed by atoms with E-state index in [1.54, 1.807) is 0 Å². The molecule has 0 spiro atoms. The van der Waals surface area contributed by atoms with E-state index < -0.39 is 0 Å². The molecule has 0 saturated heterocycles. The largest absolute Gasteiger partial charge is 0.381 e. The second kappa shape index (κ2) is 7.40. The molecule has 0 radical (unpaired) electrons. The molecule has 21 heavy (non-hydrogen) atoms. The van der Waals surface area contributed by atoms with Crippen molar-refractivity contribution in [3.05, 3.63) is 23.2 Å². The van der Waals surface area contributed by atoms with Gasteiger partial charge in [-0.3, -0.25) is 0 Å². The predicted octanol–water partition coefficient (Wildman–Crippen LogP) is 5.42. The topological polar surface area (TPSA) is 15.3 Å². The molecule has 0 bridgehead atoms. The van der Waals surface area contributed by atoms with Gasteiger partial charge in [-0.2, -0.15) is 0 Å². The molecule has 2 unspecified atom stereocenters. The zero-order chi connectivity index (χ0) is 15.4. The molecule has 0 aromatic heterocycles. The summed E-state index contributed by atoms with van der Waals surface area (Å²) < 4.78 is 0. The van der Waals surface area contributed by atoms with Crippen LogP contribution in [0.4, 0.5) is 11.4 Å². The zero-order valence-electron chi connectivity index (χ0n) is 13.8. The van der Waals surface area contributed by atoms with Crippen LogP contribution in [-0.4, -0.2) is 20.1 Å². The number of hydrogen-bond donors (Lipinski definition) is 1. The lowest BCUT2D eigenvalue weighted by atomic mass is 9.81. The van der Waals surface area contributed by atoms with Crippen LogP contribution in [0.3, 0.4) is 0 Å². The number of nitrogens with one attached hydrogen (secondary N) is 1. The third-order valence-electron chi connectivity index (χ3n) is 4.38. The van der Waals surface area contributed by atoms with Crippen LogP contribution < -0.4 is 10.2 Å². The van der Waals surface area contributed by atoms with Crippen molar-refractivity contribution in [2.75, 3.05) is 24.3 Å². The van der Waals surface area contributed by atoms with Gasteiger partial charge >= 0.3 is 0 Å². The van der Waals surface area contributed by atoms with Crippen LogP contribution in [0, 0.1) is 11.8 Å². The van der Waals surface area contributed by atoms with Crippen molar-refractivity contribution >= 4 is 23.0 Å². The van der Waals surface area contributed by atoms with Gasteiger partial charge in [0.05, 0.1) is 16.4 Å². The van der Waals surface area contributed by atoms with Crippen molar-refractivity contribution < 1.29 is 0 Å². The molecule has 1 aliphatic rings. The fourth-order valence-electron chi connectivity index (χ4n) is 3.61. The summed E-state index contributed by atoms with van der Waals surface area (Å²) in [7, 11) is 4.10. The SMILES string of the molecule is CC(C)CC1CCCC(Nc2cccc(Cl)c2N(C)C)C1. The van der Waals surface area contributed by atoms with Crippen molar-refractivity contribution in [2.45, 2.75) is 52.0 Å². The van der Waals surface area contributed by atoms with Crippen molar-refractivity contribution in [1.82, 2.24) is 0 Å². The minimum absolute atomic E-state index is 0.583. The van der Waals surface area contributed by atoms with Crippen molar-refractivity contribution in [3.8, 4) is 0 Å². The Labute approximate surface area is 134 Å². The van der Waals surface area contributed by atoms with Crippen LogP contribution in [0.15, 0.2) is 18.2 Å². The molecule has 3 heteroatoms. The summed E-state index contributed by atoms with van der Waals surface area (Å²) in [5.41, 5.74) is 2.27. The summed E-state index contributed by atoms with van der Waals surface area (Å²) >= 11 is 6.36. The van der Waals surface area contributed by atoms with E-state index in [-0.39, 0.29) is 0 Å². The Bertz CT molecular complexity index is 457. The number of nitrogens with zero attached hydrogens (tertiary/aromatic N) is 1. The Morgan fingerprint density at radius 3 is 2.71 bits per heavy atom. The molecule has 0 amide bonds. The molecule has 1 N–H and O–H groups in total. The highest BCUT2D eigenvalue weighted by atomic mass is 35.5. The van der Waals surface area contributed by atoms with E-state index in [9.17, 15) is 0 Å². The van der Waals surface area contributed by atoms with Gasteiger partial charge in [-0.05, 0) is 43.2 Å². The summed E-state index contributed by atoms with van der Waals surface area (Å²) in [4.78, 5) is 2.10. The molecular formula is C18H29ClN2. The van der Waals surface area contributed by atoms with Gasteiger partial charge < -0.3 is 10.2 Å². The molecule has 2 atom stereocenters. The number of anilines is 2. The lowest BCUT2D eigenvalue weighted by Crippen LogP contribution is -2.28. The number of halogens is 1. The van der Waals surface area contributed by atoms with Crippen LogP contribution in [0.2, 0.25) is 5.02 Å². The summed E-state index contributed by atoms with van der Waals surface area (Å²) in [6, 6.07) is 6.73. The maximum absolute atomic E-state index is 6.36.